The van der Waals surface area contributed by atoms with Gasteiger partial charge in [-0.25, -0.2) is 0 Å². The minimum Gasteiger partial charge on any atom is -0.497 e. The van der Waals surface area contributed by atoms with E-state index in [0.29, 0.717) is 22.7 Å². The average Bonchev–Trinajstić information content (AvgIpc) is 3.04. The topological polar surface area (TPSA) is 99.0 Å². The van der Waals surface area contributed by atoms with Gasteiger partial charge in [-0.05, 0) is 37.3 Å². The number of nitro benzene ring substituents is 1. The molecule has 1 aliphatic heterocycles. The molecule has 0 unspecified atom stereocenters. The van der Waals surface area contributed by atoms with Crippen molar-refractivity contribution < 1.29 is 24.0 Å². The van der Waals surface area contributed by atoms with Crippen molar-refractivity contribution in [3.05, 3.63) is 58.1 Å². The Hall–Kier alpha value is -3.42. The van der Waals surface area contributed by atoms with Crippen LogP contribution in [0.4, 0.5) is 11.4 Å². The lowest BCUT2D eigenvalue weighted by molar-refractivity contribution is -0.385. The van der Waals surface area contributed by atoms with E-state index < -0.39 is 16.8 Å². The van der Waals surface area contributed by atoms with Gasteiger partial charge in [-0.1, -0.05) is 6.07 Å². The monoisotopic (exact) mass is 370 g/mol. The third-order valence-corrected chi connectivity index (χ3v) is 4.44. The van der Waals surface area contributed by atoms with Gasteiger partial charge in [-0.2, -0.15) is 0 Å². The van der Waals surface area contributed by atoms with Crippen LogP contribution in [0, 0.1) is 23.0 Å². The third-order valence-electron chi connectivity index (χ3n) is 4.44. The fraction of sp³-hybridized carbons (Fsp3) is 0.263. The Morgan fingerprint density at radius 1 is 1.19 bits per heavy atom. The van der Waals surface area contributed by atoms with Gasteiger partial charge in [0.2, 0.25) is 5.91 Å². The molecule has 140 valence electrons. The van der Waals surface area contributed by atoms with Crippen LogP contribution in [-0.4, -0.2) is 30.5 Å². The smallest absolute Gasteiger partial charge is 0.316 e. The Morgan fingerprint density at radius 2 is 1.85 bits per heavy atom. The zero-order chi connectivity index (χ0) is 19.6. The highest BCUT2D eigenvalue weighted by atomic mass is 16.6. The molecule has 0 aromatic heterocycles. The van der Waals surface area contributed by atoms with Gasteiger partial charge in [-0.15, -0.1) is 0 Å². The SMILES string of the molecule is COc1ccc(OC(=O)[C@@H]2CC(=O)N(c3ccc(C)c([N+](=O)[O-])c3)C2)cc1. The molecule has 1 aliphatic rings. The molecule has 2 aromatic carbocycles. The average molecular weight is 370 g/mol. The lowest BCUT2D eigenvalue weighted by Gasteiger charge is -2.16. The molecule has 1 heterocycles. The predicted octanol–water partition coefficient (Wildman–Crippen LogP) is 2.87. The molecule has 8 nitrogen and oxygen atoms in total. The Labute approximate surface area is 155 Å². The number of esters is 1. The zero-order valence-corrected chi connectivity index (χ0v) is 14.9. The molecule has 0 bridgehead atoms. The third kappa shape index (κ3) is 3.89. The summed E-state index contributed by atoms with van der Waals surface area (Å²) in [6.07, 6.45) is -0.00331. The Bertz CT molecular complexity index is 894. The van der Waals surface area contributed by atoms with E-state index in [0.717, 1.165) is 0 Å². The second-order valence-corrected chi connectivity index (χ2v) is 6.23. The lowest BCUT2D eigenvalue weighted by Crippen LogP contribution is -2.27. The summed E-state index contributed by atoms with van der Waals surface area (Å²) in [5, 5.41) is 11.1. The van der Waals surface area contributed by atoms with E-state index in [1.165, 1.54) is 18.1 Å². The number of ether oxygens (including phenoxy) is 2. The zero-order valence-electron chi connectivity index (χ0n) is 14.9. The van der Waals surface area contributed by atoms with E-state index in [4.69, 9.17) is 9.47 Å². The maximum absolute atomic E-state index is 12.4. The largest absolute Gasteiger partial charge is 0.497 e. The van der Waals surface area contributed by atoms with Crippen LogP contribution < -0.4 is 14.4 Å². The van der Waals surface area contributed by atoms with E-state index >= 15 is 0 Å². The van der Waals surface area contributed by atoms with Gasteiger partial charge < -0.3 is 14.4 Å². The summed E-state index contributed by atoms with van der Waals surface area (Å²) in [6, 6.07) is 11.1. The summed E-state index contributed by atoms with van der Waals surface area (Å²) < 4.78 is 10.4. The van der Waals surface area contributed by atoms with Crippen molar-refractivity contribution in [2.45, 2.75) is 13.3 Å². The van der Waals surface area contributed by atoms with Crippen LogP contribution in [0.15, 0.2) is 42.5 Å². The first kappa shape index (κ1) is 18.4. The number of nitro groups is 1. The molecule has 0 saturated carbocycles. The second kappa shape index (κ2) is 7.45. The molecule has 1 saturated heterocycles. The number of hydrogen-bond donors (Lipinski definition) is 0. The highest BCUT2D eigenvalue weighted by Crippen LogP contribution is 2.30. The first-order valence-corrected chi connectivity index (χ1v) is 8.30. The highest BCUT2D eigenvalue weighted by molar-refractivity contribution is 6.00. The van der Waals surface area contributed by atoms with Crippen LogP contribution in [0.5, 0.6) is 11.5 Å². The van der Waals surface area contributed by atoms with E-state index in [9.17, 15) is 19.7 Å². The Kier molecular flexibility index (Phi) is 5.07. The fourth-order valence-electron chi connectivity index (χ4n) is 2.92. The minimum atomic E-state index is -0.639. The van der Waals surface area contributed by atoms with Crippen molar-refractivity contribution in [3.63, 3.8) is 0 Å². The van der Waals surface area contributed by atoms with Crippen molar-refractivity contribution >= 4 is 23.3 Å². The summed E-state index contributed by atoms with van der Waals surface area (Å²) in [7, 11) is 1.54. The molecule has 2 aromatic rings. The number of carbonyl (C=O) groups is 2. The summed E-state index contributed by atoms with van der Waals surface area (Å²) in [5.74, 6) is -0.432. The summed E-state index contributed by atoms with van der Waals surface area (Å²) >= 11 is 0. The van der Waals surface area contributed by atoms with Crippen LogP contribution in [0.25, 0.3) is 0 Å². The van der Waals surface area contributed by atoms with Crippen molar-refractivity contribution in [3.8, 4) is 11.5 Å². The quantitative estimate of drug-likeness (QED) is 0.347. The van der Waals surface area contributed by atoms with Crippen LogP contribution in [-0.2, 0) is 9.59 Å². The number of carbonyl (C=O) groups excluding carboxylic acids is 2. The first-order chi connectivity index (χ1) is 12.9. The maximum Gasteiger partial charge on any atom is 0.316 e. The predicted molar refractivity (Wildman–Crippen MR) is 96.9 cm³/mol. The maximum atomic E-state index is 12.4. The van der Waals surface area contributed by atoms with Crippen LogP contribution in [0.2, 0.25) is 0 Å². The second-order valence-electron chi connectivity index (χ2n) is 6.23. The van der Waals surface area contributed by atoms with E-state index in [2.05, 4.69) is 0 Å². The number of anilines is 1. The number of benzene rings is 2. The number of nitrogens with zero attached hydrogens (tertiary/aromatic N) is 2. The van der Waals surface area contributed by atoms with Crippen molar-refractivity contribution in [2.75, 3.05) is 18.6 Å². The highest BCUT2D eigenvalue weighted by Gasteiger charge is 2.37. The molecule has 1 fully saturated rings. The van der Waals surface area contributed by atoms with E-state index in [-0.39, 0.29) is 24.6 Å². The standard InChI is InChI=1S/C19H18N2O6/c1-12-3-4-14(10-17(12)21(24)25)20-11-13(9-18(20)22)19(23)27-16-7-5-15(26-2)6-8-16/h3-8,10,13H,9,11H2,1-2H3/t13-/m1/s1. The summed E-state index contributed by atoms with van der Waals surface area (Å²) in [5.41, 5.74) is 0.840. The fourth-order valence-corrected chi connectivity index (χ4v) is 2.92. The molecule has 1 atom stereocenters. The molecule has 0 radical (unpaired) electrons. The first-order valence-electron chi connectivity index (χ1n) is 8.30. The number of aryl methyl sites for hydroxylation is 1. The molecule has 0 aliphatic carbocycles. The molecule has 3 rings (SSSR count). The van der Waals surface area contributed by atoms with Gasteiger partial charge in [0.15, 0.2) is 0 Å². The molecular formula is C19H18N2O6. The lowest BCUT2D eigenvalue weighted by atomic mass is 10.1. The Balaban J connectivity index is 1.72. The summed E-state index contributed by atoms with van der Waals surface area (Å²) in [6.45, 7) is 1.75. The molecule has 0 N–H and O–H groups in total. The number of hydrogen-bond acceptors (Lipinski definition) is 6. The normalized spacial score (nSPS) is 16.3. The van der Waals surface area contributed by atoms with E-state index in [1.54, 1.807) is 43.3 Å². The molecule has 27 heavy (non-hydrogen) atoms. The van der Waals surface area contributed by atoms with Gasteiger partial charge >= 0.3 is 5.97 Å². The molecule has 1 amide bonds. The van der Waals surface area contributed by atoms with Gasteiger partial charge in [0.1, 0.15) is 11.5 Å². The number of rotatable bonds is 5. The Morgan fingerprint density at radius 3 is 2.48 bits per heavy atom. The van der Waals surface area contributed by atoms with Crippen LogP contribution in [0.3, 0.4) is 0 Å². The van der Waals surface area contributed by atoms with Crippen molar-refractivity contribution in [1.82, 2.24) is 0 Å². The van der Waals surface area contributed by atoms with Gasteiger partial charge in [0.05, 0.1) is 23.6 Å². The van der Waals surface area contributed by atoms with Crippen LogP contribution >= 0.6 is 0 Å². The van der Waals surface area contributed by atoms with Gasteiger partial charge in [-0.3, -0.25) is 19.7 Å². The van der Waals surface area contributed by atoms with Crippen molar-refractivity contribution in [2.24, 2.45) is 5.92 Å². The van der Waals surface area contributed by atoms with Gasteiger partial charge in [0.25, 0.3) is 5.69 Å². The summed E-state index contributed by atoms with van der Waals surface area (Å²) in [4.78, 5) is 36.7. The van der Waals surface area contributed by atoms with Crippen LogP contribution in [0.1, 0.15) is 12.0 Å². The van der Waals surface area contributed by atoms with Gasteiger partial charge in [0, 0.05) is 24.6 Å². The molecule has 8 heteroatoms. The molecule has 0 spiro atoms. The minimum absolute atomic E-state index is 0.00331. The van der Waals surface area contributed by atoms with E-state index in [1.807, 2.05) is 0 Å². The van der Waals surface area contributed by atoms with Crippen molar-refractivity contribution in [1.29, 1.82) is 0 Å². The molecular weight excluding hydrogens is 352 g/mol. The number of amides is 1. The number of methoxy groups -OCH3 is 1.